The van der Waals surface area contributed by atoms with Crippen molar-refractivity contribution in [2.24, 2.45) is 0 Å². The molecule has 0 aromatic heterocycles. The molecule has 2 nitrogen and oxygen atoms in total. The fourth-order valence-electron chi connectivity index (χ4n) is 0.322. The molecule has 0 aromatic rings. The van der Waals surface area contributed by atoms with E-state index in [4.69, 9.17) is 0 Å². The summed E-state index contributed by atoms with van der Waals surface area (Å²) < 4.78 is 0. The Hall–Kier alpha value is -0.920. The van der Waals surface area contributed by atoms with Crippen molar-refractivity contribution in [1.29, 1.82) is 0 Å². The van der Waals surface area contributed by atoms with Crippen LogP contribution in [0.25, 0.3) is 0 Å². The standard InChI is InChI=1S/C7H14N2/c1-7(8-2)5-6-9(3)4/h5-6,8H,1H2,2-4H3. The van der Waals surface area contributed by atoms with Crippen molar-refractivity contribution < 1.29 is 0 Å². The summed E-state index contributed by atoms with van der Waals surface area (Å²) in [4.78, 5) is 1.96. The van der Waals surface area contributed by atoms with Crippen LogP contribution < -0.4 is 5.32 Å². The largest absolute Gasteiger partial charge is 0.389 e. The predicted molar refractivity (Wildman–Crippen MR) is 41.0 cm³/mol. The topological polar surface area (TPSA) is 15.3 Å². The molecule has 0 aliphatic rings. The lowest BCUT2D eigenvalue weighted by atomic mass is 10.5. The van der Waals surface area contributed by atoms with Gasteiger partial charge in [-0.05, 0) is 6.08 Å². The zero-order valence-corrected chi connectivity index (χ0v) is 6.31. The van der Waals surface area contributed by atoms with E-state index in [9.17, 15) is 0 Å². The second-order valence-electron chi connectivity index (χ2n) is 2.05. The third-order valence-electron chi connectivity index (χ3n) is 0.895. The van der Waals surface area contributed by atoms with Crippen LogP contribution in [0.1, 0.15) is 0 Å². The molecule has 0 saturated carbocycles. The summed E-state index contributed by atoms with van der Waals surface area (Å²) in [6, 6.07) is 0. The van der Waals surface area contributed by atoms with Gasteiger partial charge < -0.3 is 10.2 Å². The molecule has 0 saturated heterocycles. The molecular formula is C7H14N2. The summed E-state index contributed by atoms with van der Waals surface area (Å²) in [5.74, 6) is 0. The molecule has 1 N–H and O–H groups in total. The van der Waals surface area contributed by atoms with E-state index in [0.717, 1.165) is 5.70 Å². The molecule has 52 valence electrons. The molecule has 0 spiro atoms. The maximum Gasteiger partial charge on any atom is 0.0279 e. The summed E-state index contributed by atoms with van der Waals surface area (Å²) in [5.41, 5.74) is 0.920. The summed E-state index contributed by atoms with van der Waals surface area (Å²) >= 11 is 0. The summed E-state index contributed by atoms with van der Waals surface area (Å²) in [6.07, 6.45) is 3.86. The number of likely N-dealkylation sites (N-methyl/N-ethyl adjacent to an activating group) is 1. The van der Waals surface area contributed by atoms with Crippen molar-refractivity contribution >= 4 is 0 Å². The molecule has 0 heterocycles. The lowest BCUT2D eigenvalue weighted by molar-refractivity contribution is 0.563. The van der Waals surface area contributed by atoms with Crippen molar-refractivity contribution in [3.8, 4) is 0 Å². The van der Waals surface area contributed by atoms with Gasteiger partial charge in [0.05, 0.1) is 0 Å². The van der Waals surface area contributed by atoms with E-state index < -0.39 is 0 Å². The first kappa shape index (κ1) is 8.08. The number of hydrogen-bond acceptors (Lipinski definition) is 2. The zero-order valence-electron chi connectivity index (χ0n) is 6.31. The molecule has 9 heavy (non-hydrogen) atoms. The van der Waals surface area contributed by atoms with Gasteiger partial charge in [0.15, 0.2) is 0 Å². The Labute approximate surface area is 56.9 Å². The van der Waals surface area contributed by atoms with E-state index in [2.05, 4.69) is 11.9 Å². The van der Waals surface area contributed by atoms with Crippen LogP contribution in [-0.2, 0) is 0 Å². The number of nitrogens with zero attached hydrogens (tertiary/aromatic N) is 1. The highest BCUT2D eigenvalue weighted by Crippen LogP contribution is 1.85. The van der Waals surface area contributed by atoms with E-state index in [1.807, 2.05) is 38.3 Å². The number of nitrogens with one attached hydrogen (secondary N) is 1. The SMILES string of the molecule is C=C(C=CN(C)C)NC. The lowest BCUT2D eigenvalue weighted by Crippen LogP contribution is -2.04. The predicted octanol–water partition coefficient (Wildman–Crippen LogP) is 0.795. The molecule has 0 fully saturated rings. The molecule has 0 unspecified atom stereocenters. The average molecular weight is 126 g/mol. The van der Waals surface area contributed by atoms with Gasteiger partial charge in [0, 0.05) is 33.0 Å². The number of rotatable bonds is 3. The first-order chi connectivity index (χ1) is 4.16. The first-order valence-corrected chi connectivity index (χ1v) is 2.88. The maximum atomic E-state index is 3.72. The Bertz CT molecular complexity index is 114. The normalized spacial score (nSPS) is 9.67. The maximum absolute atomic E-state index is 3.72. The molecule has 0 rings (SSSR count). The smallest absolute Gasteiger partial charge is 0.0279 e. The molecule has 0 aliphatic heterocycles. The van der Waals surface area contributed by atoms with Gasteiger partial charge in [0.2, 0.25) is 0 Å². The van der Waals surface area contributed by atoms with E-state index in [1.165, 1.54) is 0 Å². The van der Waals surface area contributed by atoms with Crippen LogP contribution in [0.4, 0.5) is 0 Å². The minimum Gasteiger partial charge on any atom is -0.389 e. The third kappa shape index (κ3) is 4.94. The van der Waals surface area contributed by atoms with Crippen LogP contribution in [0.3, 0.4) is 0 Å². The Morgan fingerprint density at radius 2 is 2.11 bits per heavy atom. The van der Waals surface area contributed by atoms with Crippen molar-refractivity contribution in [1.82, 2.24) is 10.2 Å². The fraction of sp³-hybridized carbons (Fsp3) is 0.429. The van der Waals surface area contributed by atoms with Crippen molar-refractivity contribution in [3.05, 3.63) is 24.6 Å². The van der Waals surface area contributed by atoms with E-state index in [0.29, 0.717) is 0 Å². The molecule has 0 amide bonds. The molecule has 2 heteroatoms. The van der Waals surface area contributed by atoms with Crippen LogP contribution in [0.15, 0.2) is 24.6 Å². The number of hydrogen-bond donors (Lipinski definition) is 1. The Morgan fingerprint density at radius 3 is 2.44 bits per heavy atom. The van der Waals surface area contributed by atoms with Gasteiger partial charge in [-0.1, -0.05) is 6.58 Å². The highest BCUT2D eigenvalue weighted by atomic mass is 15.0. The van der Waals surface area contributed by atoms with Gasteiger partial charge in [-0.25, -0.2) is 0 Å². The molecule has 0 radical (unpaired) electrons. The molecular weight excluding hydrogens is 112 g/mol. The highest BCUT2D eigenvalue weighted by molar-refractivity contribution is 5.10. The Balaban J connectivity index is 3.57. The summed E-state index contributed by atoms with van der Waals surface area (Å²) in [6.45, 7) is 3.72. The van der Waals surface area contributed by atoms with Crippen LogP contribution in [0.5, 0.6) is 0 Å². The van der Waals surface area contributed by atoms with Gasteiger partial charge in [0.1, 0.15) is 0 Å². The van der Waals surface area contributed by atoms with Crippen molar-refractivity contribution in [2.45, 2.75) is 0 Å². The average Bonchev–Trinajstić information content (AvgIpc) is 1.83. The highest BCUT2D eigenvalue weighted by Gasteiger charge is 1.78. The van der Waals surface area contributed by atoms with Crippen LogP contribution in [-0.4, -0.2) is 26.0 Å². The summed E-state index contributed by atoms with van der Waals surface area (Å²) in [7, 11) is 5.79. The lowest BCUT2D eigenvalue weighted by Gasteiger charge is -2.03. The van der Waals surface area contributed by atoms with Gasteiger partial charge in [-0.3, -0.25) is 0 Å². The quantitative estimate of drug-likeness (QED) is 0.562. The van der Waals surface area contributed by atoms with Gasteiger partial charge in [0.25, 0.3) is 0 Å². The Morgan fingerprint density at radius 1 is 1.56 bits per heavy atom. The fourth-order valence-corrected chi connectivity index (χ4v) is 0.322. The molecule has 0 aromatic carbocycles. The molecule has 0 aliphatic carbocycles. The molecule has 0 bridgehead atoms. The third-order valence-corrected chi connectivity index (χ3v) is 0.895. The monoisotopic (exact) mass is 126 g/mol. The van der Waals surface area contributed by atoms with Gasteiger partial charge in [-0.15, -0.1) is 0 Å². The minimum atomic E-state index is 0.920. The molecule has 0 atom stereocenters. The van der Waals surface area contributed by atoms with E-state index in [-0.39, 0.29) is 0 Å². The van der Waals surface area contributed by atoms with Crippen molar-refractivity contribution in [3.63, 3.8) is 0 Å². The van der Waals surface area contributed by atoms with Crippen LogP contribution >= 0.6 is 0 Å². The van der Waals surface area contributed by atoms with Crippen molar-refractivity contribution in [2.75, 3.05) is 21.1 Å². The van der Waals surface area contributed by atoms with Crippen LogP contribution in [0.2, 0.25) is 0 Å². The zero-order chi connectivity index (χ0) is 7.28. The summed E-state index contributed by atoms with van der Waals surface area (Å²) in [5, 5.41) is 2.91. The first-order valence-electron chi connectivity index (χ1n) is 2.88. The minimum absolute atomic E-state index is 0.920. The number of allylic oxidation sites excluding steroid dienone is 1. The van der Waals surface area contributed by atoms with E-state index >= 15 is 0 Å². The second kappa shape index (κ2) is 4.01. The van der Waals surface area contributed by atoms with E-state index in [1.54, 1.807) is 0 Å². The van der Waals surface area contributed by atoms with Gasteiger partial charge >= 0.3 is 0 Å². The van der Waals surface area contributed by atoms with Crippen LogP contribution in [0, 0.1) is 0 Å². The Kier molecular flexibility index (Phi) is 3.60. The second-order valence-corrected chi connectivity index (χ2v) is 2.05. The van der Waals surface area contributed by atoms with Gasteiger partial charge in [-0.2, -0.15) is 0 Å².